The smallest absolute Gasteiger partial charge is 0.226 e. The van der Waals surface area contributed by atoms with Gasteiger partial charge in [0.1, 0.15) is 12.7 Å². The van der Waals surface area contributed by atoms with Gasteiger partial charge in [0.15, 0.2) is 17.6 Å². The highest BCUT2D eigenvalue weighted by atomic mass is 16.6. The molecule has 4 rings (SSSR count). The molecule has 2 atom stereocenters. The molecule has 0 saturated carbocycles. The van der Waals surface area contributed by atoms with E-state index >= 15 is 0 Å². The number of para-hydroxylation sites is 3. The first kappa shape index (κ1) is 30.4. The predicted octanol–water partition coefficient (Wildman–Crippen LogP) is 5.25. The van der Waals surface area contributed by atoms with Crippen molar-refractivity contribution in [2.45, 2.75) is 90.4 Å². The van der Waals surface area contributed by atoms with Gasteiger partial charge in [-0.25, -0.2) is 0 Å². The van der Waals surface area contributed by atoms with Gasteiger partial charge in [-0.15, -0.1) is 0 Å². The Morgan fingerprint density at radius 3 is 2.48 bits per heavy atom. The number of nitrogens with zero attached hydrogens (tertiary/aromatic N) is 2. The van der Waals surface area contributed by atoms with Gasteiger partial charge in [-0.1, -0.05) is 50.1 Å². The minimum Gasteiger partial charge on any atom is -0.486 e. The van der Waals surface area contributed by atoms with Crippen molar-refractivity contribution in [3.63, 3.8) is 0 Å². The molecule has 2 aliphatic rings. The maximum atomic E-state index is 13.2. The van der Waals surface area contributed by atoms with Gasteiger partial charge < -0.3 is 29.7 Å². The van der Waals surface area contributed by atoms with E-state index in [9.17, 15) is 9.90 Å². The van der Waals surface area contributed by atoms with Crippen LogP contribution in [0, 0.1) is 13.8 Å². The molecule has 40 heavy (non-hydrogen) atoms. The number of aryl methyl sites for hydroxylation is 2. The number of rotatable bonds is 14. The number of likely N-dealkylation sites (tertiary alicyclic amines) is 1. The maximum Gasteiger partial charge on any atom is 0.226 e. The fourth-order valence-electron chi connectivity index (χ4n) is 5.84. The van der Waals surface area contributed by atoms with Crippen LogP contribution >= 0.6 is 0 Å². The minimum absolute atomic E-state index is 0.259. The summed E-state index contributed by atoms with van der Waals surface area (Å²) in [4.78, 5) is 17.8. The molecule has 0 bridgehead atoms. The largest absolute Gasteiger partial charge is 0.486 e. The number of aliphatic hydroxyl groups is 1. The van der Waals surface area contributed by atoms with E-state index in [1.54, 1.807) is 0 Å². The SMILES string of the molecule is CCCCN(C(=O)CCCCCN1CCC(NCC(O)C2COc3ccccc3O2)CC1)c1c(C)cccc1C. The zero-order valence-corrected chi connectivity index (χ0v) is 24.7. The Morgan fingerprint density at radius 1 is 1.02 bits per heavy atom. The second-order valence-corrected chi connectivity index (χ2v) is 11.5. The molecule has 0 aliphatic carbocycles. The first-order valence-corrected chi connectivity index (χ1v) is 15.3. The summed E-state index contributed by atoms with van der Waals surface area (Å²) in [5.74, 6) is 1.70. The van der Waals surface area contributed by atoms with E-state index in [2.05, 4.69) is 49.2 Å². The van der Waals surface area contributed by atoms with Crippen molar-refractivity contribution < 1.29 is 19.4 Å². The lowest BCUT2D eigenvalue weighted by Gasteiger charge is -2.34. The number of unbranched alkanes of at least 4 members (excludes halogenated alkanes) is 3. The van der Waals surface area contributed by atoms with E-state index in [-0.39, 0.29) is 12.0 Å². The number of aliphatic hydroxyl groups excluding tert-OH is 1. The van der Waals surface area contributed by atoms with Crippen LogP contribution in [0.5, 0.6) is 11.5 Å². The number of benzene rings is 2. The monoisotopic (exact) mass is 551 g/mol. The molecular formula is C33H49N3O4. The van der Waals surface area contributed by atoms with E-state index in [0.717, 1.165) is 82.6 Å². The van der Waals surface area contributed by atoms with Gasteiger partial charge in [0, 0.05) is 31.2 Å². The molecule has 2 aromatic rings. The van der Waals surface area contributed by atoms with Crippen LogP contribution in [-0.2, 0) is 4.79 Å². The summed E-state index contributed by atoms with van der Waals surface area (Å²) in [5, 5.41) is 14.2. The fourth-order valence-corrected chi connectivity index (χ4v) is 5.84. The van der Waals surface area contributed by atoms with Gasteiger partial charge in [-0.05, 0) is 88.8 Å². The molecule has 7 nitrogen and oxygen atoms in total. The molecular weight excluding hydrogens is 502 g/mol. The highest BCUT2D eigenvalue weighted by molar-refractivity contribution is 5.94. The summed E-state index contributed by atoms with van der Waals surface area (Å²) >= 11 is 0. The number of amides is 1. The fraction of sp³-hybridized carbons (Fsp3) is 0.606. The minimum atomic E-state index is -0.610. The summed E-state index contributed by atoms with van der Waals surface area (Å²) in [6.07, 6.45) is 7.08. The highest BCUT2D eigenvalue weighted by Gasteiger charge is 2.28. The molecule has 1 amide bonds. The standard InChI is InChI=1S/C33H49N3O4/c1-4-5-20-36(33-25(2)12-11-13-26(33)3)32(38)16-7-6-10-19-35-21-17-27(18-22-35)34-23-28(37)31-24-39-29-14-8-9-15-30(29)40-31/h8-9,11-15,27-28,31,34,37H,4-7,10,16-24H2,1-3H3. The van der Waals surface area contributed by atoms with Gasteiger partial charge >= 0.3 is 0 Å². The number of hydrogen-bond donors (Lipinski definition) is 2. The van der Waals surface area contributed by atoms with Crippen LogP contribution in [0.2, 0.25) is 0 Å². The number of anilines is 1. The van der Waals surface area contributed by atoms with Crippen molar-refractivity contribution in [1.82, 2.24) is 10.2 Å². The number of nitrogens with one attached hydrogen (secondary N) is 1. The molecule has 2 N–H and O–H groups in total. The summed E-state index contributed by atoms with van der Waals surface area (Å²) in [6, 6.07) is 14.3. The van der Waals surface area contributed by atoms with Crippen molar-refractivity contribution in [3.05, 3.63) is 53.6 Å². The lowest BCUT2D eigenvalue weighted by atomic mass is 10.0. The second-order valence-electron chi connectivity index (χ2n) is 11.5. The van der Waals surface area contributed by atoms with Gasteiger partial charge in [0.2, 0.25) is 5.91 Å². The summed E-state index contributed by atoms with van der Waals surface area (Å²) < 4.78 is 11.7. The molecule has 2 unspecified atom stereocenters. The van der Waals surface area contributed by atoms with Gasteiger partial charge in [0.25, 0.3) is 0 Å². The maximum absolute atomic E-state index is 13.2. The van der Waals surface area contributed by atoms with Crippen LogP contribution in [0.25, 0.3) is 0 Å². The van der Waals surface area contributed by atoms with Crippen LogP contribution in [0.3, 0.4) is 0 Å². The lowest BCUT2D eigenvalue weighted by molar-refractivity contribution is -0.118. The Hall–Kier alpha value is -2.61. The number of carbonyl (C=O) groups is 1. The van der Waals surface area contributed by atoms with Crippen molar-refractivity contribution >= 4 is 11.6 Å². The predicted molar refractivity (Wildman–Crippen MR) is 161 cm³/mol. The quantitative estimate of drug-likeness (QED) is 0.313. The molecule has 7 heteroatoms. The van der Waals surface area contributed by atoms with Crippen LogP contribution in [0.1, 0.15) is 69.4 Å². The van der Waals surface area contributed by atoms with E-state index in [4.69, 9.17) is 9.47 Å². The highest BCUT2D eigenvalue weighted by Crippen LogP contribution is 2.31. The van der Waals surface area contributed by atoms with Crippen molar-refractivity contribution in [3.8, 4) is 11.5 Å². The molecule has 0 radical (unpaired) electrons. The number of fused-ring (bicyclic) bond motifs is 1. The van der Waals surface area contributed by atoms with Gasteiger partial charge in [-0.2, -0.15) is 0 Å². The molecule has 2 aromatic carbocycles. The third-order valence-corrected chi connectivity index (χ3v) is 8.27. The first-order chi connectivity index (χ1) is 19.5. The van der Waals surface area contributed by atoms with Crippen LogP contribution in [-0.4, -0.2) is 73.5 Å². The summed E-state index contributed by atoms with van der Waals surface area (Å²) in [5.41, 5.74) is 3.47. The lowest BCUT2D eigenvalue weighted by Crippen LogP contribution is -2.49. The van der Waals surface area contributed by atoms with Crippen LogP contribution in [0.15, 0.2) is 42.5 Å². The van der Waals surface area contributed by atoms with Crippen LogP contribution < -0.4 is 19.7 Å². The Bertz CT molecular complexity index is 1050. The van der Waals surface area contributed by atoms with E-state index in [0.29, 0.717) is 31.4 Å². The Kier molecular flexibility index (Phi) is 11.7. The molecule has 0 aromatic heterocycles. The Labute approximate surface area is 240 Å². The van der Waals surface area contributed by atoms with Crippen molar-refractivity contribution in [2.75, 3.05) is 44.2 Å². The molecule has 220 valence electrons. The van der Waals surface area contributed by atoms with Gasteiger partial charge in [-0.3, -0.25) is 4.79 Å². The molecule has 0 spiro atoms. The first-order valence-electron chi connectivity index (χ1n) is 15.3. The number of piperidine rings is 1. The second kappa shape index (κ2) is 15.4. The van der Waals surface area contributed by atoms with Crippen LogP contribution in [0.4, 0.5) is 5.69 Å². The van der Waals surface area contributed by atoms with E-state index < -0.39 is 6.10 Å². The summed E-state index contributed by atoms with van der Waals surface area (Å²) in [7, 11) is 0. The number of ether oxygens (including phenoxy) is 2. The average Bonchev–Trinajstić information content (AvgIpc) is 2.97. The summed E-state index contributed by atoms with van der Waals surface area (Å²) in [6.45, 7) is 11.3. The third-order valence-electron chi connectivity index (χ3n) is 8.27. The molecule has 2 heterocycles. The van der Waals surface area contributed by atoms with E-state index in [1.165, 1.54) is 11.1 Å². The van der Waals surface area contributed by atoms with E-state index in [1.807, 2.05) is 29.2 Å². The molecule has 1 fully saturated rings. The van der Waals surface area contributed by atoms with Crippen molar-refractivity contribution in [1.29, 1.82) is 0 Å². The average molecular weight is 552 g/mol. The third kappa shape index (κ3) is 8.45. The molecule has 2 aliphatic heterocycles. The Balaban J connectivity index is 1.10. The van der Waals surface area contributed by atoms with Crippen molar-refractivity contribution in [2.24, 2.45) is 0 Å². The molecule has 1 saturated heterocycles. The van der Waals surface area contributed by atoms with Gasteiger partial charge in [0.05, 0.1) is 0 Å². The number of hydrogen-bond acceptors (Lipinski definition) is 6. The number of carbonyl (C=O) groups excluding carboxylic acids is 1. The normalized spacial score (nSPS) is 18.4. The topological polar surface area (TPSA) is 74.3 Å². The zero-order chi connectivity index (χ0) is 28.3. The Morgan fingerprint density at radius 2 is 1.75 bits per heavy atom. The zero-order valence-electron chi connectivity index (χ0n) is 24.7.